The zero-order valence-electron chi connectivity index (χ0n) is 9.15. The van der Waals surface area contributed by atoms with E-state index in [4.69, 9.17) is 33.5 Å². The molecule has 0 bridgehead atoms. The van der Waals surface area contributed by atoms with Gasteiger partial charge in [-0.2, -0.15) is 4.98 Å². The SMILES string of the molecule is CC(CN)c1noc(-c2cc(Cl)ccc2Cl)n1. The van der Waals surface area contributed by atoms with Crippen molar-refractivity contribution in [3.63, 3.8) is 0 Å². The second-order valence-electron chi connectivity index (χ2n) is 3.72. The van der Waals surface area contributed by atoms with Crippen LogP contribution < -0.4 is 5.73 Å². The first-order valence-corrected chi connectivity index (χ1v) is 5.86. The van der Waals surface area contributed by atoms with E-state index in [1.807, 2.05) is 6.92 Å². The smallest absolute Gasteiger partial charge is 0.259 e. The Labute approximate surface area is 109 Å². The highest BCUT2D eigenvalue weighted by Crippen LogP contribution is 2.29. The van der Waals surface area contributed by atoms with Crippen molar-refractivity contribution in [2.24, 2.45) is 5.73 Å². The molecule has 0 spiro atoms. The van der Waals surface area contributed by atoms with Gasteiger partial charge in [0.1, 0.15) is 0 Å². The number of rotatable bonds is 3. The number of benzene rings is 1. The third-order valence-electron chi connectivity index (χ3n) is 2.39. The Morgan fingerprint density at radius 2 is 2.18 bits per heavy atom. The Bertz CT molecular complexity index is 527. The fourth-order valence-corrected chi connectivity index (χ4v) is 1.68. The van der Waals surface area contributed by atoms with Gasteiger partial charge in [0.05, 0.1) is 10.6 Å². The zero-order chi connectivity index (χ0) is 12.4. The minimum atomic E-state index is 0.0467. The van der Waals surface area contributed by atoms with Gasteiger partial charge >= 0.3 is 0 Å². The van der Waals surface area contributed by atoms with Crippen LogP contribution in [-0.4, -0.2) is 16.7 Å². The summed E-state index contributed by atoms with van der Waals surface area (Å²) in [5.41, 5.74) is 6.16. The van der Waals surface area contributed by atoms with Crippen LogP contribution in [0.15, 0.2) is 22.7 Å². The molecule has 2 N–H and O–H groups in total. The lowest BCUT2D eigenvalue weighted by Crippen LogP contribution is -2.10. The molecule has 0 aliphatic carbocycles. The van der Waals surface area contributed by atoms with Crippen LogP contribution in [0.5, 0.6) is 0 Å². The summed E-state index contributed by atoms with van der Waals surface area (Å²) >= 11 is 11.9. The fourth-order valence-electron chi connectivity index (χ4n) is 1.31. The maximum Gasteiger partial charge on any atom is 0.259 e. The lowest BCUT2D eigenvalue weighted by Gasteiger charge is -2.00. The standard InChI is InChI=1S/C11H11Cl2N3O/c1-6(5-14)10-15-11(17-16-10)8-4-7(12)2-3-9(8)13/h2-4,6H,5,14H2,1H3. The van der Waals surface area contributed by atoms with Crippen molar-refractivity contribution in [1.82, 2.24) is 10.1 Å². The Balaban J connectivity index is 2.40. The largest absolute Gasteiger partial charge is 0.334 e. The molecular weight excluding hydrogens is 261 g/mol. The Morgan fingerprint density at radius 1 is 1.41 bits per heavy atom. The van der Waals surface area contributed by atoms with Crippen molar-refractivity contribution in [2.45, 2.75) is 12.8 Å². The van der Waals surface area contributed by atoms with Gasteiger partial charge in [-0.25, -0.2) is 0 Å². The van der Waals surface area contributed by atoms with E-state index < -0.39 is 0 Å². The molecular formula is C11H11Cl2N3O. The molecule has 1 atom stereocenters. The predicted molar refractivity (Wildman–Crippen MR) is 67.2 cm³/mol. The topological polar surface area (TPSA) is 64.9 Å². The number of hydrogen-bond donors (Lipinski definition) is 1. The van der Waals surface area contributed by atoms with Crippen LogP contribution in [0.25, 0.3) is 11.5 Å². The monoisotopic (exact) mass is 271 g/mol. The Hall–Kier alpha value is -1.10. The van der Waals surface area contributed by atoms with Crippen LogP contribution in [0.4, 0.5) is 0 Å². The van der Waals surface area contributed by atoms with Gasteiger partial charge in [0.25, 0.3) is 5.89 Å². The second kappa shape index (κ2) is 5.04. The minimum absolute atomic E-state index is 0.0467. The van der Waals surface area contributed by atoms with Crippen molar-refractivity contribution < 1.29 is 4.52 Å². The summed E-state index contributed by atoms with van der Waals surface area (Å²) in [5.74, 6) is 0.969. The molecule has 0 radical (unpaired) electrons. The van der Waals surface area contributed by atoms with Crippen LogP contribution in [-0.2, 0) is 0 Å². The summed E-state index contributed by atoms with van der Waals surface area (Å²) in [6, 6.07) is 5.08. The third-order valence-corrected chi connectivity index (χ3v) is 2.96. The number of nitrogens with zero attached hydrogens (tertiary/aromatic N) is 2. The highest BCUT2D eigenvalue weighted by atomic mass is 35.5. The molecule has 6 heteroatoms. The van der Waals surface area contributed by atoms with Crippen molar-refractivity contribution in [3.8, 4) is 11.5 Å². The van der Waals surface area contributed by atoms with E-state index in [1.54, 1.807) is 18.2 Å². The second-order valence-corrected chi connectivity index (χ2v) is 4.56. The third kappa shape index (κ3) is 2.60. The van der Waals surface area contributed by atoms with Gasteiger partial charge in [-0.3, -0.25) is 0 Å². The Morgan fingerprint density at radius 3 is 2.88 bits per heavy atom. The average Bonchev–Trinajstić information content (AvgIpc) is 2.80. The lowest BCUT2D eigenvalue weighted by molar-refractivity contribution is 0.418. The number of hydrogen-bond acceptors (Lipinski definition) is 4. The molecule has 17 heavy (non-hydrogen) atoms. The molecule has 0 saturated heterocycles. The van der Waals surface area contributed by atoms with Crippen molar-refractivity contribution in [1.29, 1.82) is 0 Å². The van der Waals surface area contributed by atoms with E-state index in [-0.39, 0.29) is 5.92 Å². The summed E-state index contributed by atoms with van der Waals surface area (Å²) in [4.78, 5) is 4.25. The molecule has 90 valence electrons. The molecule has 0 fully saturated rings. The first-order chi connectivity index (χ1) is 8.11. The number of aromatic nitrogens is 2. The van der Waals surface area contributed by atoms with Crippen LogP contribution >= 0.6 is 23.2 Å². The van der Waals surface area contributed by atoms with Crippen LogP contribution in [0.1, 0.15) is 18.7 Å². The van der Waals surface area contributed by atoms with Gasteiger partial charge in [0, 0.05) is 17.5 Å². The molecule has 2 rings (SSSR count). The average molecular weight is 272 g/mol. The molecule has 0 saturated carbocycles. The van der Waals surface area contributed by atoms with Gasteiger partial charge in [-0.1, -0.05) is 35.3 Å². The van der Waals surface area contributed by atoms with E-state index >= 15 is 0 Å². The fraction of sp³-hybridized carbons (Fsp3) is 0.273. The maximum absolute atomic E-state index is 6.04. The quantitative estimate of drug-likeness (QED) is 0.932. The molecule has 4 nitrogen and oxygen atoms in total. The molecule has 2 aromatic rings. The van der Waals surface area contributed by atoms with Gasteiger partial charge in [-0.05, 0) is 18.2 Å². The predicted octanol–water partition coefficient (Wildman–Crippen LogP) is 3.11. The highest BCUT2D eigenvalue weighted by molar-refractivity contribution is 6.35. The number of halogens is 2. The van der Waals surface area contributed by atoms with Crippen molar-refractivity contribution >= 4 is 23.2 Å². The summed E-state index contributed by atoms with van der Waals surface area (Å²) in [7, 11) is 0. The number of nitrogens with two attached hydrogens (primary N) is 1. The van der Waals surface area contributed by atoms with Gasteiger partial charge in [0.2, 0.25) is 0 Å². The normalized spacial score (nSPS) is 12.7. The van der Waals surface area contributed by atoms with Gasteiger partial charge in [-0.15, -0.1) is 0 Å². The highest BCUT2D eigenvalue weighted by Gasteiger charge is 2.15. The van der Waals surface area contributed by atoms with E-state index in [0.717, 1.165) is 0 Å². The Kier molecular flexibility index (Phi) is 3.66. The summed E-state index contributed by atoms with van der Waals surface area (Å²) in [5, 5.41) is 4.95. The molecule has 0 amide bonds. The van der Waals surface area contributed by atoms with Crippen LogP contribution in [0.2, 0.25) is 10.0 Å². The van der Waals surface area contributed by atoms with Gasteiger partial charge < -0.3 is 10.3 Å². The first kappa shape index (κ1) is 12.4. The molecule has 1 heterocycles. The van der Waals surface area contributed by atoms with E-state index in [9.17, 15) is 0 Å². The van der Waals surface area contributed by atoms with Crippen molar-refractivity contribution in [2.75, 3.05) is 6.54 Å². The molecule has 0 aliphatic heterocycles. The van der Waals surface area contributed by atoms with Crippen LogP contribution in [0, 0.1) is 0 Å². The van der Waals surface area contributed by atoms with E-state index in [0.29, 0.717) is 33.9 Å². The van der Waals surface area contributed by atoms with Crippen LogP contribution in [0.3, 0.4) is 0 Å². The van der Waals surface area contributed by atoms with E-state index in [2.05, 4.69) is 10.1 Å². The van der Waals surface area contributed by atoms with E-state index in [1.165, 1.54) is 0 Å². The molecule has 0 aliphatic rings. The first-order valence-electron chi connectivity index (χ1n) is 5.11. The maximum atomic E-state index is 6.04. The van der Waals surface area contributed by atoms with Gasteiger partial charge in [0.15, 0.2) is 5.82 Å². The summed E-state index contributed by atoms with van der Waals surface area (Å²) in [6.45, 7) is 2.39. The lowest BCUT2D eigenvalue weighted by atomic mass is 10.2. The summed E-state index contributed by atoms with van der Waals surface area (Å²) in [6.07, 6.45) is 0. The zero-order valence-corrected chi connectivity index (χ0v) is 10.7. The molecule has 1 aromatic carbocycles. The summed E-state index contributed by atoms with van der Waals surface area (Å²) < 4.78 is 5.15. The van der Waals surface area contributed by atoms with Crippen molar-refractivity contribution in [3.05, 3.63) is 34.1 Å². The molecule has 1 aromatic heterocycles. The minimum Gasteiger partial charge on any atom is -0.334 e. The molecule has 1 unspecified atom stereocenters.